The predicted molar refractivity (Wildman–Crippen MR) is 301 cm³/mol. The fraction of sp³-hybridized carbons (Fsp3) is 0.355. The molecule has 8 aromatic rings. The number of ether oxygens (including phenoxy) is 4. The molecule has 72 heavy (non-hydrogen) atoms. The summed E-state index contributed by atoms with van der Waals surface area (Å²) in [6, 6.07) is 39.0. The highest BCUT2D eigenvalue weighted by molar-refractivity contribution is 7.34. The highest BCUT2D eigenvalue weighted by Gasteiger charge is 2.55. The SMILES string of the molecule is CC[C@@H](C)COc1ccc(C2(c3ccc(OC[C@H](C)CC)cc3)c3cc(C=O)sc3-c3sc4c5c(sc4c32)-c2sc(C=O)cc2C5(c2ccc(OC[C@@H](C)CC)cc2)c2ccc(OC[C@@H](C)CC)cc2)cc1. The van der Waals surface area contributed by atoms with Gasteiger partial charge in [-0.15, -0.1) is 45.3 Å². The van der Waals surface area contributed by atoms with Crippen LogP contribution in [0.4, 0.5) is 0 Å². The normalized spacial score (nSPS) is 15.5. The third-order valence-electron chi connectivity index (χ3n) is 15.3. The Kier molecular flexibility index (Phi) is 14.4. The van der Waals surface area contributed by atoms with Crippen molar-refractivity contribution in [2.45, 2.75) is 91.9 Å². The molecule has 4 aromatic carbocycles. The first-order valence-electron chi connectivity index (χ1n) is 25.7. The summed E-state index contributed by atoms with van der Waals surface area (Å²) < 4.78 is 27.9. The topological polar surface area (TPSA) is 71.1 Å². The van der Waals surface area contributed by atoms with Crippen LogP contribution in [-0.2, 0) is 10.8 Å². The molecule has 4 heterocycles. The van der Waals surface area contributed by atoms with Gasteiger partial charge >= 0.3 is 0 Å². The summed E-state index contributed by atoms with van der Waals surface area (Å²) in [5.74, 6) is 5.07. The smallest absolute Gasteiger partial charge is 0.160 e. The third-order valence-corrected chi connectivity index (χ3v) is 20.3. The van der Waals surface area contributed by atoms with Crippen molar-refractivity contribution in [3.05, 3.63) is 163 Å². The van der Waals surface area contributed by atoms with E-state index >= 15 is 0 Å². The molecule has 0 N–H and O–H groups in total. The van der Waals surface area contributed by atoms with E-state index in [2.05, 4.69) is 165 Å². The first-order valence-corrected chi connectivity index (χ1v) is 29.0. The maximum atomic E-state index is 12.9. The molecule has 0 saturated heterocycles. The molecule has 372 valence electrons. The lowest BCUT2D eigenvalue weighted by atomic mass is 9.67. The average molecular weight is 1030 g/mol. The van der Waals surface area contributed by atoms with E-state index in [0.29, 0.717) is 59.9 Å². The van der Waals surface area contributed by atoms with Crippen molar-refractivity contribution >= 4 is 67.3 Å². The van der Waals surface area contributed by atoms with Crippen LogP contribution in [0.15, 0.2) is 109 Å². The minimum absolute atomic E-state index is 0.435. The van der Waals surface area contributed by atoms with E-state index in [0.717, 1.165) is 104 Å². The quantitative estimate of drug-likeness (QED) is 0.0630. The zero-order chi connectivity index (χ0) is 50.3. The molecule has 2 aliphatic rings. The lowest BCUT2D eigenvalue weighted by Gasteiger charge is -2.34. The molecular formula is C62H64O6S4. The molecule has 0 radical (unpaired) electrons. The standard InChI is InChI=1S/C62H64O6S4/c1-9-37(5)33-65-45-21-13-41(14-22-45)61(42-15-23-46(24-16-42)66-34-38(6)10-2)51-29-49(31-63)69-55(51)57-53(61)59-60(71-57)54-58(72-59)56-52(30-50(32-64)70-56)62(54,43-17-25-47(26-18-43)67-35-39(7)11-3)44-19-27-48(28-20-44)68-36-40(8)12-4/h13-32,37-40H,9-12,33-36H2,1-8H3/t37-,38-,39+,40+. The van der Waals surface area contributed by atoms with Gasteiger partial charge in [0.15, 0.2) is 12.6 Å². The fourth-order valence-electron chi connectivity index (χ4n) is 10.2. The molecule has 0 saturated carbocycles. The first kappa shape index (κ1) is 50.0. The molecule has 2 aliphatic carbocycles. The minimum Gasteiger partial charge on any atom is -0.493 e. The Morgan fingerprint density at radius 3 is 0.903 bits per heavy atom. The number of hydrogen-bond acceptors (Lipinski definition) is 10. The van der Waals surface area contributed by atoms with Gasteiger partial charge in [0.1, 0.15) is 23.0 Å². The minimum atomic E-state index is -0.790. The van der Waals surface area contributed by atoms with Gasteiger partial charge in [-0.2, -0.15) is 0 Å². The van der Waals surface area contributed by atoms with Crippen molar-refractivity contribution in [1.29, 1.82) is 0 Å². The zero-order valence-electron chi connectivity index (χ0n) is 42.6. The summed E-state index contributed by atoms with van der Waals surface area (Å²) in [5.41, 5.74) is 7.50. The molecule has 10 heteroatoms. The molecular weight excluding hydrogens is 969 g/mol. The van der Waals surface area contributed by atoms with E-state index in [1.54, 1.807) is 22.7 Å². The van der Waals surface area contributed by atoms with Gasteiger partial charge in [-0.25, -0.2) is 0 Å². The summed E-state index contributed by atoms with van der Waals surface area (Å²) in [6.07, 6.45) is 6.17. The number of benzene rings is 4. The largest absolute Gasteiger partial charge is 0.493 e. The molecule has 0 unspecified atom stereocenters. The van der Waals surface area contributed by atoms with Crippen molar-refractivity contribution < 1.29 is 28.5 Å². The van der Waals surface area contributed by atoms with Gasteiger partial charge < -0.3 is 18.9 Å². The average Bonchev–Trinajstić information content (AvgIpc) is 4.27. The van der Waals surface area contributed by atoms with Crippen molar-refractivity contribution in [3.63, 3.8) is 0 Å². The zero-order valence-corrected chi connectivity index (χ0v) is 45.9. The van der Waals surface area contributed by atoms with Crippen LogP contribution < -0.4 is 18.9 Å². The highest BCUT2D eigenvalue weighted by Crippen LogP contribution is 2.70. The summed E-state index contributed by atoms with van der Waals surface area (Å²) in [4.78, 5) is 31.8. The monoisotopic (exact) mass is 1030 g/mol. The van der Waals surface area contributed by atoms with Gasteiger partial charge in [-0.05, 0) is 118 Å². The van der Waals surface area contributed by atoms with E-state index in [4.69, 9.17) is 18.9 Å². The molecule has 10 rings (SSSR count). The van der Waals surface area contributed by atoms with Crippen LogP contribution in [0.25, 0.3) is 28.9 Å². The second-order valence-electron chi connectivity index (χ2n) is 20.2. The lowest BCUT2D eigenvalue weighted by molar-refractivity contribution is 0.111. The Morgan fingerprint density at radius 1 is 0.403 bits per heavy atom. The number of carbonyl (C=O) groups excluding carboxylic acids is 2. The summed E-state index contributed by atoms with van der Waals surface area (Å²) in [6.45, 7) is 20.2. The second-order valence-corrected chi connectivity index (χ2v) is 24.4. The van der Waals surface area contributed by atoms with Crippen molar-refractivity contribution in [1.82, 2.24) is 0 Å². The maximum absolute atomic E-state index is 12.9. The van der Waals surface area contributed by atoms with Gasteiger partial charge in [0, 0.05) is 11.1 Å². The molecule has 0 fully saturated rings. The Balaban J connectivity index is 1.24. The van der Waals surface area contributed by atoms with Crippen LogP contribution in [0, 0.1) is 23.7 Å². The number of fused-ring (bicyclic) bond motifs is 9. The van der Waals surface area contributed by atoms with Gasteiger partial charge in [0.05, 0.1) is 75.9 Å². The van der Waals surface area contributed by atoms with Crippen molar-refractivity contribution in [2.75, 3.05) is 26.4 Å². The van der Waals surface area contributed by atoms with E-state index in [1.165, 1.54) is 30.3 Å². The van der Waals surface area contributed by atoms with Gasteiger partial charge in [-0.1, -0.05) is 130 Å². The van der Waals surface area contributed by atoms with Crippen molar-refractivity contribution in [2.24, 2.45) is 23.7 Å². The Hall–Kier alpha value is -5.52. The van der Waals surface area contributed by atoms with Crippen molar-refractivity contribution in [3.8, 4) is 42.5 Å². The van der Waals surface area contributed by atoms with Gasteiger partial charge in [-0.3, -0.25) is 9.59 Å². The molecule has 4 aromatic heterocycles. The van der Waals surface area contributed by atoms with Crippen LogP contribution in [-0.4, -0.2) is 39.0 Å². The summed E-state index contributed by atoms with van der Waals surface area (Å²) in [7, 11) is 0. The number of rotatable bonds is 22. The molecule has 6 nitrogen and oxygen atoms in total. The predicted octanol–water partition coefficient (Wildman–Crippen LogP) is 17.1. The van der Waals surface area contributed by atoms with E-state index < -0.39 is 10.8 Å². The Labute approximate surface area is 441 Å². The van der Waals surface area contributed by atoms with Gasteiger partial charge in [0.2, 0.25) is 0 Å². The van der Waals surface area contributed by atoms with Crippen LogP contribution in [0.2, 0.25) is 0 Å². The molecule has 4 atom stereocenters. The molecule has 0 spiro atoms. The summed E-state index contributed by atoms with van der Waals surface area (Å²) in [5, 5.41) is 0. The number of thiophene rings is 4. The van der Waals surface area contributed by atoms with E-state index in [9.17, 15) is 9.59 Å². The lowest BCUT2D eigenvalue weighted by Crippen LogP contribution is -2.29. The van der Waals surface area contributed by atoms with Gasteiger partial charge in [0.25, 0.3) is 0 Å². The van der Waals surface area contributed by atoms with Crippen LogP contribution >= 0.6 is 45.3 Å². The number of aldehydes is 2. The number of carbonyl (C=O) groups is 2. The van der Waals surface area contributed by atoms with E-state index in [1.807, 2.05) is 22.7 Å². The third kappa shape index (κ3) is 8.54. The summed E-state index contributed by atoms with van der Waals surface area (Å²) >= 11 is 6.84. The molecule has 0 bridgehead atoms. The van der Waals surface area contributed by atoms with Crippen LogP contribution in [0.3, 0.4) is 0 Å². The second kappa shape index (κ2) is 20.8. The highest BCUT2D eigenvalue weighted by atomic mass is 32.1. The molecule has 0 amide bonds. The molecule has 0 aliphatic heterocycles. The maximum Gasteiger partial charge on any atom is 0.160 e. The Morgan fingerprint density at radius 2 is 0.667 bits per heavy atom. The van der Waals surface area contributed by atoms with Crippen LogP contribution in [0.1, 0.15) is 145 Å². The first-order chi connectivity index (χ1) is 35.0. The fourth-order valence-corrected chi connectivity index (χ4v) is 15.7. The number of hydrogen-bond donors (Lipinski definition) is 0. The Bertz CT molecular complexity index is 2860. The van der Waals surface area contributed by atoms with E-state index in [-0.39, 0.29) is 0 Å². The van der Waals surface area contributed by atoms with Crippen LogP contribution in [0.5, 0.6) is 23.0 Å².